The number of nitrogens with one attached hydrogen (secondary N) is 1. The third kappa shape index (κ3) is 4.04. The Kier molecular flexibility index (Phi) is 5.28. The zero-order chi connectivity index (χ0) is 22.2. The molecule has 2 aromatic carbocycles. The third-order valence-corrected chi connectivity index (χ3v) is 6.08. The Bertz CT molecular complexity index is 1360. The average molecular weight is 439 g/mol. The summed E-state index contributed by atoms with van der Waals surface area (Å²) in [5.74, 6) is 1.68. The molecule has 4 rings (SSSR count). The van der Waals surface area contributed by atoms with E-state index in [1.807, 2.05) is 35.9 Å². The molecule has 31 heavy (non-hydrogen) atoms. The molecule has 4 aromatic rings. The predicted molar refractivity (Wildman–Crippen MR) is 120 cm³/mol. The highest BCUT2D eigenvalue weighted by molar-refractivity contribution is 7.90. The van der Waals surface area contributed by atoms with Crippen molar-refractivity contribution in [1.29, 1.82) is 0 Å². The van der Waals surface area contributed by atoms with Crippen molar-refractivity contribution >= 4 is 32.5 Å². The van der Waals surface area contributed by atoms with Crippen molar-refractivity contribution < 1.29 is 17.9 Å². The molecule has 0 radical (unpaired) electrons. The lowest BCUT2D eigenvalue weighted by molar-refractivity contribution is 0.355. The summed E-state index contributed by atoms with van der Waals surface area (Å²) in [6, 6.07) is 12.3. The zero-order valence-corrected chi connectivity index (χ0v) is 18.4. The van der Waals surface area contributed by atoms with Gasteiger partial charge in [-0.25, -0.2) is 13.4 Å². The largest absolute Gasteiger partial charge is 0.493 e. The first kappa shape index (κ1) is 20.7. The fourth-order valence-electron chi connectivity index (χ4n) is 3.28. The number of aromatic nitrogens is 3. The van der Waals surface area contributed by atoms with E-state index in [4.69, 9.17) is 9.47 Å². The third-order valence-electron chi connectivity index (χ3n) is 4.95. The molecular formula is C22H22N4O4S. The molecule has 0 aliphatic heterocycles. The number of aryl methyl sites for hydroxylation is 1. The molecule has 0 unspecified atom stereocenters. The lowest BCUT2D eigenvalue weighted by atomic mass is 10.1. The van der Waals surface area contributed by atoms with Gasteiger partial charge in [0.25, 0.3) is 0 Å². The maximum atomic E-state index is 11.7. The molecule has 9 heteroatoms. The van der Waals surface area contributed by atoms with Gasteiger partial charge in [-0.3, -0.25) is 0 Å². The average Bonchev–Trinajstić information content (AvgIpc) is 3.17. The van der Waals surface area contributed by atoms with Crippen LogP contribution in [0, 0.1) is 6.92 Å². The number of methoxy groups -OCH3 is 2. The molecule has 0 spiro atoms. The summed E-state index contributed by atoms with van der Waals surface area (Å²) >= 11 is 0. The van der Waals surface area contributed by atoms with Crippen LogP contribution in [0.15, 0.2) is 59.8 Å². The highest BCUT2D eigenvalue weighted by Crippen LogP contribution is 2.34. The fraction of sp³-hybridized carbons (Fsp3) is 0.182. The Labute approximate surface area is 180 Å². The van der Waals surface area contributed by atoms with E-state index < -0.39 is 9.84 Å². The Morgan fingerprint density at radius 2 is 1.68 bits per heavy atom. The van der Waals surface area contributed by atoms with Gasteiger partial charge in [0.2, 0.25) is 5.95 Å². The standard InChI is InChI=1S/C22H22N4O4S/c1-14-11-19(29-2)20(30-3)12-18(14)24-22-23-13-15-9-10-26(21(15)25-22)16-5-7-17(8-6-16)31(4,27)28/h5-13H,1-4H3,(H,23,24,25). The van der Waals surface area contributed by atoms with Crippen LogP contribution in [-0.2, 0) is 9.84 Å². The minimum Gasteiger partial charge on any atom is -0.493 e. The van der Waals surface area contributed by atoms with Crippen LogP contribution in [0.2, 0.25) is 0 Å². The lowest BCUT2D eigenvalue weighted by Crippen LogP contribution is -2.02. The Morgan fingerprint density at radius 1 is 1.00 bits per heavy atom. The maximum absolute atomic E-state index is 11.7. The number of sulfone groups is 1. The minimum atomic E-state index is -3.25. The number of nitrogens with zero attached hydrogens (tertiary/aromatic N) is 3. The molecule has 0 aliphatic rings. The summed E-state index contributed by atoms with van der Waals surface area (Å²) in [5.41, 5.74) is 3.25. The van der Waals surface area contributed by atoms with Gasteiger partial charge in [0, 0.05) is 41.5 Å². The molecule has 0 aliphatic carbocycles. The van der Waals surface area contributed by atoms with E-state index in [0.717, 1.165) is 22.3 Å². The highest BCUT2D eigenvalue weighted by atomic mass is 32.2. The SMILES string of the molecule is COc1cc(C)c(Nc2ncc3ccn(-c4ccc(S(C)(=O)=O)cc4)c3n2)cc1OC. The van der Waals surface area contributed by atoms with E-state index in [1.54, 1.807) is 44.7 Å². The van der Waals surface area contributed by atoms with E-state index in [0.29, 0.717) is 23.1 Å². The molecule has 160 valence electrons. The Balaban J connectivity index is 1.71. The molecule has 0 atom stereocenters. The van der Waals surface area contributed by atoms with E-state index in [-0.39, 0.29) is 4.90 Å². The number of rotatable bonds is 6. The van der Waals surface area contributed by atoms with Crippen molar-refractivity contribution in [2.24, 2.45) is 0 Å². The molecule has 0 fully saturated rings. The van der Waals surface area contributed by atoms with E-state index in [2.05, 4.69) is 15.3 Å². The van der Waals surface area contributed by atoms with Gasteiger partial charge in [0.15, 0.2) is 21.3 Å². The second kappa shape index (κ2) is 7.92. The van der Waals surface area contributed by atoms with Crippen LogP contribution in [0.25, 0.3) is 16.7 Å². The summed E-state index contributed by atoms with van der Waals surface area (Å²) in [4.78, 5) is 9.35. The van der Waals surface area contributed by atoms with Crippen LogP contribution in [0.5, 0.6) is 11.5 Å². The topological polar surface area (TPSA) is 95.3 Å². The van der Waals surface area contributed by atoms with E-state index in [1.165, 1.54) is 6.26 Å². The highest BCUT2D eigenvalue weighted by Gasteiger charge is 2.12. The number of benzene rings is 2. The number of hydrogen-bond acceptors (Lipinski definition) is 7. The Morgan fingerprint density at radius 3 is 2.32 bits per heavy atom. The van der Waals surface area contributed by atoms with Gasteiger partial charge in [-0.1, -0.05) is 0 Å². The summed E-state index contributed by atoms with van der Waals surface area (Å²) in [7, 11) is -0.0711. The molecule has 0 amide bonds. The molecule has 1 N–H and O–H groups in total. The second-order valence-corrected chi connectivity index (χ2v) is 9.09. The van der Waals surface area contributed by atoms with Crippen molar-refractivity contribution in [3.8, 4) is 17.2 Å². The number of anilines is 2. The minimum absolute atomic E-state index is 0.272. The van der Waals surface area contributed by atoms with Gasteiger partial charge >= 0.3 is 0 Å². The first-order valence-electron chi connectivity index (χ1n) is 9.44. The molecule has 2 aromatic heterocycles. The van der Waals surface area contributed by atoms with Crippen molar-refractivity contribution in [2.75, 3.05) is 25.8 Å². The van der Waals surface area contributed by atoms with E-state index >= 15 is 0 Å². The van der Waals surface area contributed by atoms with Crippen LogP contribution >= 0.6 is 0 Å². The van der Waals surface area contributed by atoms with Crippen molar-refractivity contribution in [3.63, 3.8) is 0 Å². The van der Waals surface area contributed by atoms with Crippen molar-refractivity contribution in [1.82, 2.24) is 14.5 Å². The van der Waals surface area contributed by atoms with Crippen LogP contribution in [-0.4, -0.2) is 43.4 Å². The molecule has 0 bridgehead atoms. The van der Waals surface area contributed by atoms with Crippen LogP contribution in [0.3, 0.4) is 0 Å². The maximum Gasteiger partial charge on any atom is 0.229 e. The fourth-order valence-corrected chi connectivity index (χ4v) is 3.91. The van der Waals surface area contributed by atoms with Gasteiger partial charge in [0.1, 0.15) is 5.65 Å². The summed E-state index contributed by atoms with van der Waals surface area (Å²) < 4.78 is 36.1. The normalized spacial score (nSPS) is 11.5. The van der Waals surface area contributed by atoms with Crippen LogP contribution in [0.4, 0.5) is 11.6 Å². The number of ether oxygens (including phenoxy) is 2. The summed E-state index contributed by atoms with van der Waals surface area (Å²) in [6.45, 7) is 1.95. The molecule has 8 nitrogen and oxygen atoms in total. The molecular weight excluding hydrogens is 416 g/mol. The monoisotopic (exact) mass is 438 g/mol. The number of hydrogen-bond donors (Lipinski definition) is 1. The molecule has 2 heterocycles. The summed E-state index contributed by atoms with van der Waals surface area (Å²) in [5, 5.41) is 4.10. The molecule has 0 saturated carbocycles. The Hall–Kier alpha value is -3.59. The smallest absolute Gasteiger partial charge is 0.229 e. The van der Waals surface area contributed by atoms with E-state index in [9.17, 15) is 8.42 Å². The lowest BCUT2D eigenvalue weighted by Gasteiger charge is -2.14. The quantitative estimate of drug-likeness (QED) is 0.488. The van der Waals surface area contributed by atoms with Crippen molar-refractivity contribution in [2.45, 2.75) is 11.8 Å². The predicted octanol–water partition coefficient (Wildman–Crippen LogP) is 3.89. The number of fused-ring (bicyclic) bond motifs is 1. The van der Waals surface area contributed by atoms with Gasteiger partial charge in [-0.2, -0.15) is 4.98 Å². The van der Waals surface area contributed by atoms with Gasteiger partial charge < -0.3 is 19.4 Å². The second-order valence-electron chi connectivity index (χ2n) is 7.07. The molecule has 0 saturated heterocycles. The summed E-state index contributed by atoms with van der Waals surface area (Å²) in [6.07, 6.45) is 4.80. The van der Waals surface area contributed by atoms with Gasteiger partial charge in [-0.05, 0) is 48.9 Å². The van der Waals surface area contributed by atoms with Crippen LogP contribution < -0.4 is 14.8 Å². The van der Waals surface area contributed by atoms with Crippen molar-refractivity contribution in [3.05, 3.63) is 60.4 Å². The van der Waals surface area contributed by atoms with Gasteiger partial charge in [-0.15, -0.1) is 0 Å². The van der Waals surface area contributed by atoms with Crippen LogP contribution in [0.1, 0.15) is 5.56 Å². The van der Waals surface area contributed by atoms with Gasteiger partial charge in [0.05, 0.1) is 19.1 Å². The first-order valence-corrected chi connectivity index (χ1v) is 11.3. The first-order chi connectivity index (χ1) is 14.8. The zero-order valence-electron chi connectivity index (χ0n) is 17.6.